The Balaban J connectivity index is 1.87. The van der Waals surface area contributed by atoms with Crippen LogP contribution in [-0.2, 0) is 18.3 Å². The van der Waals surface area contributed by atoms with E-state index >= 15 is 0 Å². The van der Waals surface area contributed by atoms with E-state index in [0.717, 1.165) is 12.7 Å². The molecule has 0 spiro atoms. The van der Waals surface area contributed by atoms with Crippen molar-refractivity contribution < 1.29 is 32.2 Å². The van der Waals surface area contributed by atoms with Gasteiger partial charge in [-0.1, -0.05) is 32.9 Å². The van der Waals surface area contributed by atoms with Crippen LogP contribution in [0.5, 0.6) is 5.75 Å². The minimum atomic E-state index is -4.92. The fourth-order valence-electron chi connectivity index (χ4n) is 3.85. The Morgan fingerprint density at radius 1 is 1.24 bits per heavy atom. The third-order valence-corrected chi connectivity index (χ3v) is 5.60. The highest BCUT2D eigenvalue weighted by molar-refractivity contribution is 5.96. The van der Waals surface area contributed by atoms with Crippen LogP contribution >= 0.6 is 0 Å². The number of anilines is 1. The second-order valence-electron chi connectivity index (χ2n) is 9.09. The second-order valence-corrected chi connectivity index (χ2v) is 9.09. The van der Waals surface area contributed by atoms with Crippen LogP contribution in [0, 0.1) is 11.7 Å². The number of halogens is 4. The van der Waals surface area contributed by atoms with Crippen molar-refractivity contribution in [1.82, 2.24) is 0 Å². The SMILES string of the molecule is COc1c(NC(=O)/N=C/C2Cc3cccc(F)c3C2)cc(C(C)(C)C)cc1[C@@H](O)C(F)(F)F. The van der Waals surface area contributed by atoms with Crippen LogP contribution in [-0.4, -0.2) is 30.6 Å². The number of aliphatic hydroxyl groups is 1. The van der Waals surface area contributed by atoms with Gasteiger partial charge in [-0.3, -0.25) is 0 Å². The van der Waals surface area contributed by atoms with Crippen molar-refractivity contribution in [2.75, 3.05) is 12.4 Å². The Morgan fingerprint density at radius 2 is 1.94 bits per heavy atom. The second kappa shape index (κ2) is 9.13. The number of carbonyl (C=O) groups excluding carboxylic acids is 1. The average Bonchev–Trinajstić information content (AvgIpc) is 3.14. The molecule has 33 heavy (non-hydrogen) atoms. The fraction of sp³-hybridized carbons (Fsp3) is 0.417. The van der Waals surface area contributed by atoms with Crippen molar-refractivity contribution in [3.05, 3.63) is 58.4 Å². The molecule has 2 N–H and O–H groups in total. The van der Waals surface area contributed by atoms with Gasteiger partial charge in [0.15, 0.2) is 6.10 Å². The maximum atomic E-state index is 13.9. The summed E-state index contributed by atoms with van der Waals surface area (Å²) in [5.41, 5.74) is 0.804. The standard InChI is InChI=1S/C24H26F4N2O3/c1-23(2,3)15-10-17(21(31)24(26,27)28)20(33-4)19(11-15)30-22(32)29-12-13-8-14-6-5-7-18(25)16(14)9-13/h5-7,10-13,21,31H,8-9H2,1-4H3,(H,30,32)/b29-12+/t13?,21-/m1/s1. The van der Waals surface area contributed by atoms with Gasteiger partial charge in [0.1, 0.15) is 11.6 Å². The minimum absolute atomic E-state index is 0.0360. The van der Waals surface area contributed by atoms with Crippen LogP contribution < -0.4 is 10.1 Å². The van der Waals surface area contributed by atoms with Crippen LogP contribution in [0.15, 0.2) is 35.3 Å². The quantitative estimate of drug-likeness (QED) is 0.446. The normalized spacial score (nSPS) is 17.2. The summed E-state index contributed by atoms with van der Waals surface area (Å²) >= 11 is 0. The molecule has 0 saturated carbocycles. The van der Waals surface area contributed by atoms with Gasteiger partial charge in [-0.05, 0) is 53.1 Å². The van der Waals surface area contributed by atoms with Crippen LogP contribution in [0.3, 0.4) is 0 Å². The summed E-state index contributed by atoms with van der Waals surface area (Å²) in [4.78, 5) is 16.4. The van der Waals surface area contributed by atoms with E-state index in [1.807, 2.05) is 6.07 Å². The molecule has 2 atom stereocenters. The van der Waals surface area contributed by atoms with Gasteiger partial charge in [-0.25, -0.2) is 14.2 Å². The molecular weight excluding hydrogens is 440 g/mol. The van der Waals surface area contributed by atoms with Gasteiger partial charge >= 0.3 is 12.2 Å². The molecule has 1 aliphatic carbocycles. The highest BCUT2D eigenvalue weighted by atomic mass is 19.4. The molecule has 0 saturated heterocycles. The summed E-state index contributed by atoms with van der Waals surface area (Å²) in [5, 5.41) is 12.4. The zero-order valence-electron chi connectivity index (χ0n) is 18.8. The van der Waals surface area contributed by atoms with Gasteiger partial charge in [0.2, 0.25) is 0 Å². The van der Waals surface area contributed by atoms with E-state index in [2.05, 4.69) is 10.3 Å². The molecule has 1 aliphatic rings. The first-order valence-electron chi connectivity index (χ1n) is 10.4. The first-order chi connectivity index (χ1) is 15.3. The molecule has 0 aromatic heterocycles. The number of urea groups is 1. The molecule has 0 bridgehead atoms. The molecule has 0 fully saturated rings. The number of ether oxygens (including phenoxy) is 1. The molecule has 0 heterocycles. The van der Waals surface area contributed by atoms with Crippen LogP contribution in [0.4, 0.5) is 28.0 Å². The Bertz CT molecular complexity index is 1070. The Labute approximate surface area is 189 Å². The molecule has 2 aromatic carbocycles. The number of benzene rings is 2. The van der Waals surface area contributed by atoms with Crippen molar-refractivity contribution in [3.8, 4) is 5.75 Å². The lowest BCUT2D eigenvalue weighted by atomic mass is 9.84. The number of rotatable bonds is 4. The smallest absolute Gasteiger partial charge is 0.418 e. The van der Waals surface area contributed by atoms with E-state index in [-0.39, 0.29) is 23.2 Å². The van der Waals surface area contributed by atoms with Gasteiger partial charge in [0.05, 0.1) is 12.8 Å². The van der Waals surface area contributed by atoms with E-state index in [1.54, 1.807) is 26.8 Å². The lowest BCUT2D eigenvalue weighted by Crippen LogP contribution is -2.23. The monoisotopic (exact) mass is 466 g/mol. The number of fused-ring (bicyclic) bond motifs is 1. The third kappa shape index (κ3) is 5.52. The first kappa shape index (κ1) is 24.7. The number of nitrogens with one attached hydrogen (secondary N) is 1. The maximum Gasteiger partial charge on any atom is 0.418 e. The number of aliphatic imine (C=N–C) groups is 1. The fourth-order valence-corrected chi connectivity index (χ4v) is 3.85. The largest absolute Gasteiger partial charge is 0.494 e. The summed E-state index contributed by atoms with van der Waals surface area (Å²) in [6.45, 7) is 5.37. The van der Waals surface area contributed by atoms with Crippen LogP contribution in [0.25, 0.3) is 0 Å². The Kier molecular flexibility index (Phi) is 6.83. The molecule has 5 nitrogen and oxygen atoms in total. The summed E-state index contributed by atoms with van der Waals surface area (Å²) in [6, 6.07) is 6.74. The number of carbonyl (C=O) groups is 1. The van der Waals surface area contributed by atoms with E-state index in [9.17, 15) is 27.5 Å². The number of hydrogen-bond acceptors (Lipinski definition) is 3. The molecule has 2 amide bonds. The molecule has 1 unspecified atom stereocenters. The molecule has 0 aliphatic heterocycles. The third-order valence-electron chi connectivity index (χ3n) is 5.60. The highest BCUT2D eigenvalue weighted by Crippen LogP contribution is 2.43. The molecule has 3 rings (SSSR count). The molecule has 9 heteroatoms. The van der Waals surface area contributed by atoms with E-state index < -0.39 is 29.3 Å². The zero-order chi connectivity index (χ0) is 24.6. The van der Waals surface area contributed by atoms with Crippen LogP contribution in [0.2, 0.25) is 0 Å². The lowest BCUT2D eigenvalue weighted by Gasteiger charge is -2.25. The van der Waals surface area contributed by atoms with E-state index in [0.29, 0.717) is 24.0 Å². The van der Waals surface area contributed by atoms with Crippen molar-refractivity contribution >= 4 is 17.9 Å². The van der Waals surface area contributed by atoms with Gasteiger partial charge in [0, 0.05) is 17.7 Å². The number of hydrogen-bond donors (Lipinski definition) is 2. The molecule has 0 radical (unpaired) electrons. The van der Waals surface area contributed by atoms with Crippen molar-refractivity contribution in [2.45, 2.75) is 51.3 Å². The summed E-state index contributed by atoms with van der Waals surface area (Å²) in [5.74, 6) is -0.771. The maximum absolute atomic E-state index is 13.9. The molecular formula is C24H26F4N2O3. The molecule has 178 valence electrons. The van der Waals surface area contributed by atoms with Gasteiger partial charge in [-0.2, -0.15) is 13.2 Å². The average molecular weight is 466 g/mol. The number of methoxy groups -OCH3 is 1. The van der Waals surface area contributed by atoms with Gasteiger partial charge < -0.3 is 15.2 Å². The summed E-state index contributed by atoms with van der Waals surface area (Å²) in [7, 11) is 1.15. The number of aliphatic hydroxyl groups excluding tert-OH is 1. The Morgan fingerprint density at radius 3 is 2.52 bits per heavy atom. The number of alkyl halides is 3. The number of amides is 2. The molecule has 2 aromatic rings. The predicted octanol–water partition coefficient (Wildman–Crippen LogP) is 5.75. The minimum Gasteiger partial charge on any atom is -0.494 e. The van der Waals surface area contributed by atoms with Gasteiger partial charge in [-0.15, -0.1) is 0 Å². The first-order valence-corrected chi connectivity index (χ1v) is 10.4. The topological polar surface area (TPSA) is 70.9 Å². The summed E-state index contributed by atoms with van der Waals surface area (Å²) in [6.07, 6.45) is -5.35. The lowest BCUT2D eigenvalue weighted by molar-refractivity contribution is -0.207. The predicted molar refractivity (Wildman–Crippen MR) is 118 cm³/mol. The number of nitrogens with zero attached hydrogens (tertiary/aromatic N) is 1. The van der Waals surface area contributed by atoms with Gasteiger partial charge in [0.25, 0.3) is 0 Å². The zero-order valence-corrected chi connectivity index (χ0v) is 18.8. The van der Waals surface area contributed by atoms with Crippen LogP contribution in [0.1, 0.15) is 49.1 Å². The van der Waals surface area contributed by atoms with E-state index in [4.69, 9.17) is 4.74 Å². The highest BCUT2D eigenvalue weighted by Gasteiger charge is 2.42. The Hall–Kier alpha value is -2.94. The van der Waals surface area contributed by atoms with Crippen molar-refractivity contribution in [3.63, 3.8) is 0 Å². The van der Waals surface area contributed by atoms with Crippen molar-refractivity contribution in [1.29, 1.82) is 0 Å². The van der Waals surface area contributed by atoms with Crippen molar-refractivity contribution in [2.24, 2.45) is 10.9 Å². The van der Waals surface area contributed by atoms with E-state index in [1.165, 1.54) is 24.4 Å². The summed E-state index contributed by atoms with van der Waals surface area (Å²) < 4.78 is 58.8.